The van der Waals surface area contributed by atoms with E-state index in [4.69, 9.17) is 11.6 Å². The van der Waals surface area contributed by atoms with E-state index in [1.54, 1.807) is 6.07 Å². The molecular weight excluding hydrogens is 268 g/mol. The van der Waals surface area contributed by atoms with Crippen LogP contribution in [0.3, 0.4) is 0 Å². The van der Waals surface area contributed by atoms with Gasteiger partial charge in [0.1, 0.15) is 5.67 Å². The zero-order chi connectivity index (χ0) is 10.2. The Kier molecular flexibility index (Phi) is 2.71. The highest BCUT2D eigenvalue weighted by molar-refractivity contribution is 9.10. The minimum atomic E-state index is -0.973. The van der Waals surface area contributed by atoms with Crippen LogP contribution in [0.2, 0.25) is 5.02 Å². The van der Waals surface area contributed by atoms with Gasteiger partial charge in [0.05, 0.1) is 5.02 Å². The summed E-state index contributed by atoms with van der Waals surface area (Å²) in [6.07, 6.45) is 1.34. The van der Waals surface area contributed by atoms with Crippen molar-refractivity contribution in [3.8, 4) is 0 Å². The molecule has 0 radical (unpaired) electrons. The number of rotatable bonds is 3. The lowest BCUT2D eigenvalue weighted by Gasteiger charge is -2.09. The van der Waals surface area contributed by atoms with E-state index >= 15 is 0 Å². The van der Waals surface area contributed by atoms with Gasteiger partial charge in [-0.2, -0.15) is 0 Å². The Morgan fingerprint density at radius 2 is 2.21 bits per heavy atom. The summed E-state index contributed by atoms with van der Waals surface area (Å²) in [6, 6.07) is 5.52. The molecule has 14 heavy (non-hydrogen) atoms. The second-order valence-corrected chi connectivity index (χ2v) is 4.89. The van der Waals surface area contributed by atoms with Crippen molar-refractivity contribution in [3.63, 3.8) is 0 Å². The van der Waals surface area contributed by atoms with Crippen molar-refractivity contribution < 1.29 is 4.39 Å². The number of halogens is 3. The molecule has 0 atom stereocenters. The standard InChI is InChI=1S/C10H10BrClFN/c11-8-2-1-7(5-9(8)12)14-6-10(13)3-4-10/h1-2,5,14H,3-4,6H2. The molecule has 0 aromatic heterocycles. The molecule has 0 heterocycles. The van der Waals surface area contributed by atoms with Crippen molar-refractivity contribution in [2.45, 2.75) is 18.5 Å². The highest BCUT2D eigenvalue weighted by atomic mass is 79.9. The normalized spacial score (nSPS) is 17.9. The molecule has 0 amide bonds. The first-order valence-corrected chi connectivity index (χ1v) is 5.64. The summed E-state index contributed by atoms with van der Waals surface area (Å²) < 4.78 is 14.1. The Hall–Kier alpha value is -0.280. The van der Waals surface area contributed by atoms with Gasteiger partial charge in [-0.25, -0.2) is 4.39 Å². The number of anilines is 1. The van der Waals surface area contributed by atoms with Gasteiger partial charge in [0.2, 0.25) is 0 Å². The van der Waals surface area contributed by atoms with Gasteiger partial charge in [-0.3, -0.25) is 0 Å². The minimum absolute atomic E-state index is 0.380. The fourth-order valence-electron chi connectivity index (χ4n) is 1.18. The number of hydrogen-bond donors (Lipinski definition) is 1. The van der Waals surface area contributed by atoms with Crippen LogP contribution in [0.25, 0.3) is 0 Å². The fraction of sp³-hybridized carbons (Fsp3) is 0.400. The van der Waals surface area contributed by atoms with Crippen molar-refractivity contribution in [1.82, 2.24) is 0 Å². The lowest BCUT2D eigenvalue weighted by molar-refractivity contribution is 0.326. The van der Waals surface area contributed by atoms with Gasteiger partial charge in [0.25, 0.3) is 0 Å². The fourth-order valence-corrected chi connectivity index (χ4v) is 1.61. The Bertz CT molecular complexity index is 352. The molecule has 1 nitrogen and oxygen atoms in total. The summed E-state index contributed by atoms with van der Waals surface area (Å²) in [6.45, 7) is 0.380. The highest BCUT2D eigenvalue weighted by Crippen LogP contribution is 2.39. The molecule has 0 saturated heterocycles. The largest absolute Gasteiger partial charge is 0.382 e. The highest BCUT2D eigenvalue weighted by Gasteiger charge is 2.42. The average Bonchev–Trinajstić information content (AvgIpc) is 2.87. The summed E-state index contributed by atoms with van der Waals surface area (Å²) in [4.78, 5) is 0. The van der Waals surface area contributed by atoms with Crippen LogP contribution in [-0.4, -0.2) is 12.2 Å². The first kappa shape index (κ1) is 10.2. The molecule has 0 aliphatic heterocycles. The molecule has 4 heteroatoms. The third-order valence-electron chi connectivity index (χ3n) is 2.32. The zero-order valence-corrected chi connectivity index (χ0v) is 9.83. The quantitative estimate of drug-likeness (QED) is 0.880. The second kappa shape index (κ2) is 3.70. The molecule has 0 bridgehead atoms. The predicted molar refractivity (Wildman–Crippen MR) is 60.7 cm³/mol. The van der Waals surface area contributed by atoms with Gasteiger partial charge in [-0.1, -0.05) is 11.6 Å². The molecule has 1 aromatic carbocycles. The van der Waals surface area contributed by atoms with E-state index in [0.717, 1.165) is 10.2 Å². The monoisotopic (exact) mass is 277 g/mol. The maximum absolute atomic E-state index is 13.3. The van der Waals surface area contributed by atoms with Crippen molar-refractivity contribution in [3.05, 3.63) is 27.7 Å². The van der Waals surface area contributed by atoms with Gasteiger partial charge in [-0.05, 0) is 47.0 Å². The molecule has 1 saturated carbocycles. The number of benzene rings is 1. The van der Waals surface area contributed by atoms with Crippen LogP contribution in [-0.2, 0) is 0 Å². The van der Waals surface area contributed by atoms with Crippen LogP contribution < -0.4 is 5.32 Å². The summed E-state index contributed by atoms with van der Waals surface area (Å²) >= 11 is 9.20. The summed E-state index contributed by atoms with van der Waals surface area (Å²) in [5.74, 6) is 0. The Morgan fingerprint density at radius 1 is 1.50 bits per heavy atom. The van der Waals surface area contributed by atoms with Gasteiger partial charge in [0, 0.05) is 16.7 Å². The van der Waals surface area contributed by atoms with Crippen LogP contribution in [0.4, 0.5) is 10.1 Å². The summed E-state index contributed by atoms with van der Waals surface area (Å²) in [5.41, 5.74) is -0.110. The van der Waals surface area contributed by atoms with Crippen molar-refractivity contribution >= 4 is 33.2 Å². The Labute approximate surface area is 95.8 Å². The van der Waals surface area contributed by atoms with Gasteiger partial charge >= 0.3 is 0 Å². The molecule has 0 unspecified atom stereocenters. The molecule has 1 aliphatic rings. The lowest BCUT2D eigenvalue weighted by Crippen LogP contribution is -2.15. The van der Waals surface area contributed by atoms with Crippen LogP contribution in [0.1, 0.15) is 12.8 Å². The maximum atomic E-state index is 13.3. The minimum Gasteiger partial charge on any atom is -0.382 e. The maximum Gasteiger partial charge on any atom is 0.128 e. The first-order valence-electron chi connectivity index (χ1n) is 4.47. The van der Waals surface area contributed by atoms with Crippen molar-refractivity contribution in [2.24, 2.45) is 0 Å². The van der Waals surface area contributed by atoms with E-state index in [1.165, 1.54) is 0 Å². The average molecular weight is 279 g/mol. The predicted octanol–water partition coefficient (Wildman–Crippen LogP) is 4.02. The van der Waals surface area contributed by atoms with E-state index in [1.807, 2.05) is 12.1 Å². The van der Waals surface area contributed by atoms with E-state index in [9.17, 15) is 4.39 Å². The van der Waals surface area contributed by atoms with Crippen LogP contribution in [0.15, 0.2) is 22.7 Å². The number of hydrogen-bond acceptors (Lipinski definition) is 1. The van der Waals surface area contributed by atoms with Gasteiger partial charge in [0.15, 0.2) is 0 Å². The summed E-state index contributed by atoms with van der Waals surface area (Å²) in [7, 11) is 0. The molecule has 1 fully saturated rings. The summed E-state index contributed by atoms with van der Waals surface area (Å²) in [5, 5.41) is 3.67. The zero-order valence-electron chi connectivity index (χ0n) is 7.49. The van der Waals surface area contributed by atoms with E-state index < -0.39 is 5.67 Å². The molecule has 2 rings (SSSR count). The second-order valence-electron chi connectivity index (χ2n) is 3.63. The number of nitrogens with one attached hydrogen (secondary N) is 1. The van der Waals surface area contributed by atoms with Crippen molar-refractivity contribution in [2.75, 3.05) is 11.9 Å². The smallest absolute Gasteiger partial charge is 0.128 e. The molecule has 76 valence electrons. The third kappa shape index (κ3) is 2.39. The van der Waals surface area contributed by atoms with E-state index in [-0.39, 0.29) is 0 Å². The molecule has 1 aromatic rings. The molecule has 1 aliphatic carbocycles. The van der Waals surface area contributed by atoms with Crippen molar-refractivity contribution in [1.29, 1.82) is 0 Å². The number of alkyl halides is 1. The van der Waals surface area contributed by atoms with Crippen LogP contribution >= 0.6 is 27.5 Å². The molecular formula is C10H10BrClFN. The SMILES string of the molecule is FC1(CNc2ccc(Br)c(Cl)c2)CC1. The molecule has 0 spiro atoms. The lowest BCUT2D eigenvalue weighted by atomic mass is 10.3. The van der Waals surface area contributed by atoms with Crippen LogP contribution in [0.5, 0.6) is 0 Å². The van der Waals surface area contributed by atoms with E-state index in [0.29, 0.717) is 24.4 Å². The van der Waals surface area contributed by atoms with Gasteiger partial charge < -0.3 is 5.32 Å². The molecule has 1 N–H and O–H groups in total. The van der Waals surface area contributed by atoms with Crippen LogP contribution in [0, 0.1) is 0 Å². The topological polar surface area (TPSA) is 12.0 Å². The third-order valence-corrected chi connectivity index (χ3v) is 3.55. The first-order chi connectivity index (χ1) is 6.59. The van der Waals surface area contributed by atoms with E-state index in [2.05, 4.69) is 21.2 Å². The Balaban J connectivity index is 1.99. The Morgan fingerprint density at radius 3 is 2.79 bits per heavy atom. The van der Waals surface area contributed by atoms with Gasteiger partial charge in [-0.15, -0.1) is 0 Å².